The number of carboxylic acid groups (broad SMARTS) is 1. The van der Waals surface area contributed by atoms with Crippen molar-refractivity contribution in [2.24, 2.45) is 7.05 Å². The molecule has 0 aromatic carbocycles. The Morgan fingerprint density at radius 1 is 1.56 bits per heavy atom. The van der Waals surface area contributed by atoms with Crippen molar-refractivity contribution in [3.63, 3.8) is 0 Å². The van der Waals surface area contributed by atoms with Crippen molar-refractivity contribution < 1.29 is 9.90 Å². The molecule has 0 saturated heterocycles. The highest BCUT2D eigenvalue weighted by atomic mass is 16.4. The summed E-state index contributed by atoms with van der Waals surface area (Å²) >= 11 is 0. The molecule has 90 valence electrons. The minimum Gasteiger partial charge on any atom is -0.478 e. The van der Waals surface area contributed by atoms with Crippen LogP contribution in [-0.2, 0) is 13.6 Å². The van der Waals surface area contributed by atoms with Crippen LogP contribution in [0.3, 0.4) is 0 Å². The lowest BCUT2D eigenvalue weighted by molar-refractivity contribution is 0.0695. The standard InChI is InChI=1S/C11H19N3O2/c1-3-4-5-6-12-8-10-9(11(15)16)7-13-14(10)2/h7,12H,3-6,8H2,1-2H3,(H,15,16). The van der Waals surface area contributed by atoms with E-state index in [1.165, 1.54) is 19.0 Å². The number of aryl methyl sites for hydroxylation is 1. The Hall–Kier alpha value is -1.36. The Morgan fingerprint density at radius 3 is 2.94 bits per heavy atom. The van der Waals surface area contributed by atoms with Crippen molar-refractivity contribution in [1.29, 1.82) is 0 Å². The van der Waals surface area contributed by atoms with Gasteiger partial charge in [0.05, 0.1) is 11.9 Å². The first kappa shape index (κ1) is 12.7. The summed E-state index contributed by atoms with van der Waals surface area (Å²) in [4.78, 5) is 10.9. The number of nitrogens with zero attached hydrogens (tertiary/aromatic N) is 2. The molecule has 0 aliphatic rings. The quantitative estimate of drug-likeness (QED) is 0.688. The molecule has 0 unspecified atom stereocenters. The predicted molar refractivity (Wildman–Crippen MR) is 61.4 cm³/mol. The highest BCUT2D eigenvalue weighted by molar-refractivity contribution is 5.88. The third-order valence-electron chi connectivity index (χ3n) is 2.54. The van der Waals surface area contributed by atoms with Crippen molar-refractivity contribution in [1.82, 2.24) is 15.1 Å². The maximum Gasteiger partial charge on any atom is 0.339 e. The van der Waals surface area contributed by atoms with E-state index in [0.29, 0.717) is 6.54 Å². The fraction of sp³-hybridized carbons (Fsp3) is 0.636. The molecular weight excluding hydrogens is 206 g/mol. The van der Waals surface area contributed by atoms with Crippen molar-refractivity contribution in [2.75, 3.05) is 6.54 Å². The van der Waals surface area contributed by atoms with Crippen molar-refractivity contribution in [3.8, 4) is 0 Å². The molecule has 0 spiro atoms. The van der Waals surface area contributed by atoms with Gasteiger partial charge in [-0.05, 0) is 13.0 Å². The van der Waals surface area contributed by atoms with Gasteiger partial charge in [-0.1, -0.05) is 19.8 Å². The molecule has 1 aromatic rings. The number of aromatic nitrogens is 2. The minimum absolute atomic E-state index is 0.283. The second kappa shape index (κ2) is 6.27. The molecule has 0 aliphatic carbocycles. The summed E-state index contributed by atoms with van der Waals surface area (Å²) < 4.78 is 1.61. The lowest BCUT2D eigenvalue weighted by Gasteiger charge is -2.06. The van der Waals surface area contributed by atoms with Gasteiger partial charge >= 0.3 is 5.97 Å². The number of aromatic carboxylic acids is 1. The van der Waals surface area contributed by atoms with E-state index in [0.717, 1.165) is 18.7 Å². The lowest BCUT2D eigenvalue weighted by Crippen LogP contribution is -2.19. The van der Waals surface area contributed by atoms with Crippen molar-refractivity contribution in [2.45, 2.75) is 32.7 Å². The van der Waals surface area contributed by atoms with Gasteiger partial charge in [-0.2, -0.15) is 5.10 Å². The molecule has 0 fully saturated rings. The second-order valence-electron chi connectivity index (χ2n) is 3.82. The van der Waals surface area contributed by atoms with Gasteiger partial charge in [-0.3, -0.25) is 4.68 Å². The van der Waals surface area contributed by atoms with Crippen LogP contribution < -0.4 is 5.32 Å². The first-order valence-corrected chi connectivity index (χ1v) is 5.61. The molecule has 1 rings (SSSR count). The lowest BCUT2D eigenvalue weighted by atomic mass is 10.2. The first-order valence-electron chi connectivity index (χ1n) is 5.61. The molecule has 0 saturated carbocycles. The average molecular weight is 225 g/mol. The van der Waals surface area contributed by atoms with Crippen molar-refractivity contribution in [3.05, 3.63) is 17.5 Å². The summed E-state index contributed by atoms with van der Waals surface area (Å²) in [7, 11) is 1.76. The van der Waals surface area contributed by atoms with Crippen LogP contribution in [-0.4, -0.2) is 27.4 Å². The molecule has 5 heteroatoms. The third-order valence-corrected chi connectivity index (χ3v) is 2.54. The second-order valence-corrected chi connectivity index (χ2v) is 3.82. The molecule has 0 amide bonds. The summed E-state index contributed by atoms with van der Waals surface area (Å²) in [5.41, 5.74) is 1.01. The van der Waals surface area contributed by atoms with Crippen LogP contribution in [0.1, 0.15) is 42.2 Å². The fourth-order valence-electron chi connectivity index (χ4n) is 1.56. The van der Waals surface area contributed by atoms with Crippen LogP contribution in [0.5, 0.6) is 0 Å². The SMILES string of the molecule is CCCCCNCc1c(C(=O)O)cnn1C. The van der Waals surface area contributed by atoms with Gasteiger partial charge in [-0.15, -0.1) is 0 Å². The van der Waals surface area contributed by atoms with E-state index >= 15 is 0 Å². The summed E-state index contributed by atoms with van der Waals surface area (Å²) in [6, 6.07) is 0. The number of hydrogen-bond donors (Lipinski definition) is 2. The van der Waals surface area contributed by atoms with Crippen LogP contribution >= 0.6 is 0 Å². The predicted octanol–water partition coefficient (Wildman–Crippen LogP) is 1.40. The zero-order chi connectivity index (χ0) is 12.0. The monoisotopic (exact) mass is 225 g/mol. The topological polar surface area (TPSA) is 67.2 Å². The Kier molecular flexibility index (Phi) is 4.98. The van der Waals surface area contributed by atoms with E-state index in [-0.39, 0.29) is 5.56 Å². The van der Waals surface area contributed by atoms with Crippen LogP contribution in [0.2, 0.25) is 0 Å². The molecule has 0 radical (unpaired) electrons. The summed E-state index contributed by atoms with van der Waals surface area (Å²) in [6.07, 6.45) is 4.90. The summed E-state index contributed by atoms with van der Waals surface area (Å²) in [5, 5.41) is 16.1. The first-order chi connectivity index (χ1) is 7.66. The summed E-state index contributed by atoms with van der Waals surface area (Å²) in [5.74, 6) is -0.918. The van der Waals surface area contributed by atoms with E-state index < -0.39 is 5.97 Å². The molecular formula is C11H19N3O2. The number of rotatable bonds is 7. The average Bonchev–Trinajstić information content (AvgIpc) is 2.60. The zero-order valence-corrected chi connectivity index (χ0v) is 9.86. The van der Waals surface area contributed by atoms with Crippen LogP contribution in [0.15, 0.2) is 6.20 Å². The Balaban J connectivity index is 2.46. The molecule has 0 aliphatic heterocycles. The fourth-order valence-corrected chi connectivity index (χ4v) is 1.56. The highest BCUT2D eigenvalue weighted by Gasteiger charge is 2.13. The largest absolute Gasteiger partial charge is 0.478 e. The van der Waals surface area contributed by atoms with Crippen LogP contribution in [0, 0.1) is 0 Å². The molecule has 1 aromatic heterocycles. The minimum atomic E-state index is -0.918. The normalized spacial score (nSPS) is 10.6. The molecule has 0 atom stereocenters. The van der Waals surface area contributed by atoms with Gasteiger partial charge in [0.15, 0.2) is 0 Å². The summed E-state index contributed by atoms with van der Waals surface area (Å²) in [6.45, 7) is 3.63. The number of nitrogens with one attached hydrogen (secondary N) is 1. The Bertz CT molecular complexity index is 347. The van der Waals surface area contributed by atoms with E-state index in [1.54, 1.807) is 11.7 Å². The van der Waals surface area contributed by atoms with Crippen LogP contribution in [0.4, 0.5) is 0 Å². The smallest absolute Gasteiger partial charge is 0.339 e. The molecule has 1 heterocycles. The van der Waals surface area contributed by atoms with Gasteiger partial charge in [0.1, 0.15) is 5.56 Å². The Labute approximate surface area is 95.5 Å². The maximum absolute atomic E-state index is 10.9. The van der Waals surface area contributed by atoms with E-state index in [1.807, 2.05) is 0 Å². The van der Waals surface area contributed by atoms with Gasteiger partial charge in [0, 0.05) is 13.6 Å². The number of hydrogen-bond acceptors (Lipinski definition) is 3. The van der Waals surface area contributed by atoms with Gasteiger partial charge in [0.2, 0.25) is 0 Å². The van der Waals surface area contributed by atoms with Crippen LogP contribution in [0.25, 0.3) is 0 Å². The Morgan fingerprint density at radius 2 is 2.31 bits per heavy atom. The van der Waals surface area contributed by atoms with Gasteiger partial charge in [0.25, 0.3) is 0 Å². The number of carbonyl (C=O) groups is 1. The molecule has 5 nitrogen and oxygen atoms in total. The van der Waals surface area contributed by atoms with Gasteiger partial charge in [-0.25, -0.2) is 4.79 Å². The van der Waals surface area contributed by atoms with E-state index in [9.17, 15) is 4.79 Å². The van der Waals surface area contributed by atoms with E-state index in [4.69, 9.17) is 5.11 Å². The highest BCUT2D eigenvalue weighted by Crippen LogP contribution is 2.07. The van der Waals surface area contributed by atoms with E-state index in [2.05, 4.69) is 17.3 Å². The maximum atomic E-state index is 10.9. The zero-order valence-electron chi connectivity index (χ0n) is 9.86. The number of carboxylic acids is 1. The third kappa shape index (κ3) is 3.34. The molecule has 2 N–H and O–H groups in total. The number of unbranched alkanes of at least 4 members (excludes halogenated alkanes) is 2. The molecule has 16 heavy (non-hydrogen) atoms. The molecule has 0 bridgehead atoms. The van der Waals surface area contributed by atoms with Gasteiger partial charge < -0.3 is 10.4 Å². The van der Waals surface area contributed by atoms with Crippen molar-refractivity contribution >= 4 is 5.97 Å².